The number of carboxylic acid groups (broad SMARTS) is 1. The van der Waals surface area contributed by atoms with Crippen LogP contribution >= 0.6 is 0 Å². The highest BCUT2D eigenvalue weighted by Crippen LogP contribution is 2.49. The molecule has 2 aliphatic heterocycles. The third kappa shape index (κ3) is 4.27. The van der Waals surface area contributed by atoms with Gasteiger partial charge in [0.1, 0.15) is 12.6 Å². The van der Waals surface area contributed by atoms with Crippen LogP contribution in [0.2, 0.25) is 0 Å². The SMILES string of the molecule is CN(C)C1(c2ccccc2)CCC2(CC1)CN(CC(=O)N1CCC[C@H]1C(=O)O)C(=O)N2CC1CCC1. The van der Waals surface area contributed by atoms with Gasteiger partial charge in [0.05, 0.1) is 5.54 Å². The summed E-state index contributed by atoms with van der Waals surface area (Å²) in [6, 6.07) is 9.87. The highest BCUT2D eigenvalue weighted by Gasteiger charge is 2.55. The highest BCUT2D eigenvalue weighted by molar-refractivity contribution is 5.89. The van der Waals surface area contributed by atoms with Crippen molar-refractivity contribution in [1.29, 1.82) is 0 Å². The first-order valence-corrected chi connectivity index (χ1v) is 13.6. The average Bonchev–Trinajstić information content (AvgIpc) is 3.42. The van der Waals surface area contributed by atoms with Gasteiger partial charge in [-0.25, -0.2) is 9.59 Å². The fourth-order valence-electron chi connectivity index (χ4n) is 7.09. The van der Waals surface area contributed by atoms with Gasteiger partial charge in [0, 0.05) is 25.2 Å². The number of likely N-dealkylation sites (tertiary alicyclic amines) is 1. The zero-order valence-corrected chi connectivity index (χ0v) is 21.7. The molecule has 1 atom stereocenters. The molecular weight excluding hydrogens is 456 g/mol. The van der Waals surface area contributed by atoms with E-state index in [0.717, 1.165) is 32.2 Å². The Labute approximate surface area is 214 Å². The first kappa shape index (κ1) is 25.1. The summed E-state index contributed by atoms with van der Waals surface area (Å²) < 4.78 is 0. The molecule has 0 bridgehead atoms. The molecule has 2 heterocycles. The summed E-state index contributed by atoms with van der Waals surface area (Å²) in [6.45, 7) is 1.75. The molecule has 0 radical (unpaired) electrons. The lowest BCUT2D eigenvalue weighted by Crippen LogP contribution is -2.56. The van der Waals surface area contributed by atoms with E-state index in [1.165, 1.54) is 29.7 Å². The van der Waals surface area contributed by atoms with Crippen LogP contribution in [0.4, 0.5) is 4.79 Å². The number of hydrogen-bond acceptors (Lipinski definition) is 4. The van der Waals surface area contributed by atoms with Crippen LogP contribution in [0.5, 0.6) is 0 Å². The third-order valence-corrected chi connectivity index (χ3v) is 9.58. The van der Waals surface area contributed by atoms with E-state index >= 15 is 0 Å². The van der Waals surface area contributed by atoms with Crippen molar-refractivity contribution in [3.05, 3.63) is 35.9 Å². The summed E-state index contributed by atoms with van der Waals surface area (Å²) in [5.74, 6) is -0.646. The molecule has 2 saturated heterocycles. The van der Waals surface area contributed by atoms with Crippen molar-refractivity contribution in [2.45, 2.75) is 74.9 Å². The van der Waals surface area contributed by atoms with Crippen LogP contribution in [-0.2, 0) is 15.1 Å². The Morgan fingerprint density at radius 2 is 1.72 bits per heavy atom. The molecule has 3 amide bonds. The van der Waals surface area contributed by atoms with Crippen LogP contribution in [0.25, 0.3) is 0 Å². The largest absolute Gasteiger partial charge is 0.480 e. The van der Waals surface area contributed by atoms with Gasteiger partial charge in [-0.2, -0.15) is 0 Å². The number of carboxylic acids is 1. The number of nitrogens with zero attached hydrogens (tertiary/aromatic N) is 4. The van der Waals surface area contributed by atoms with Gasteiger partial charge in [-0.1, -0.05) is 36.8 Å². The van der Waals surface area contributed by atoms with E-state index in [1.54, 1.807) is 4.90 Å². The first-order valence-electron chi connectivity index (χ1n) is 13.6. The van der Waals surface area contributed by atoms with Crippen LogP contribution in [0.15, 0.2) is 30.3 Å². The normalized spacial score (nSPS) is 30.9. The molecule has 8 nitrogen and oxygen atoms in total. The van der Waals surface area contributed by atoms with Gasteiger partial charge >= 0.3 is 12.0 Å². The number of amides is 3. The molecule has 36 heavy (non-hydrogen) atoms. The Kier molecular flexibility index (Phi) is 6.74. The van der Waals surface area contributed by atoms with E-state index in [9.17, 15) is 19.5 Å². The Hall–Kier alpha value is -2.61. The summed E-state index contributed by atoms with van der Waals surface area (Å²) in [7, 11) is 4.30. The van der Waals surface area contributed by atoms with Gasteiger partial charge in [-0.3, -0.25) is 9.69 Å². The lowest BCUT2D eigenvalue weighted by Gasteiger charge is -2.51. The zero-order valence-electron chi connectivity index (χ0n) is 21.7. The highest BCUT2D eigenvalue weighted by atomic mass is 16.4. The van der Waals surface area contributed by atoms with E-state index in [1.807, 2.05) is 0 Å². The molecule has 2 saturated carbocycles. The maximum absolute atomic E-state index is 13.7. The molecular formula is C28H40N4O4. The maximum Gasteiger partial charge on any atom is 0.326 e. The number of hydrogen-bond donors (Lipinski definition) is 1. The quantitative estimate of drug-likeness (QED) is 0.626. The summed E-state index contributed by atoms with van der Waals surface area (Å²) in [6.07, 6.45) is 8.43. The molecule has 0 unspecified atom stereocenters. The third-order valence-electron chi connectivity index (χ3n) is 9.58. The minimum absolute atomic E-state index is 0.0248. The standard InChI is InChI=1S/C28H40N4O4/c1-29(2)28(22-10-4-3-5-11-22)15-13-27(14-16-28)20-30(26(36)32(27)18-21-8-6-9-21)19-24(33)31-17-7-12-23(31)25(34)35/h3-5,10-11,21,23H,6-9,12-20H2,1-2H3,(H,34,35)/t23-,27?,28?/m0/s1. The van der Waals surface area contributed by atoms with Crippen molar-refractivity contribution in [3.63, 3.8) is 0 Å². The summed E-state index contributed by atoms with van der Waals surface area (Å²) in [5.41, 5.74) is 0.990. The molecule has 8 heteroatoms. The molecule has 1 spiro atoms. The van der Waals surface area contributed by atoms with E-state index in [0.29, 0.717) is 31.8 Å². The molecule has 1 N–H and O–H groups in total. The molecule has 196 valence electrons. The minimum Gasteiger partial charge on any atom is -0.480 e. The van der Waals surface area contributed by atoms with Crippen molar-refractivity contribution in [2.75, 3.05) is 40.3 Å². The summed E-state index contributed by atoms with van der Waals surface area (Å²) in [5, 5.41) is 9.52. The minimum atomic E-state index is -0.954. The average molecular weight is 497 g/mol. The first-order chi connectivity index (χ1) is 17.3. The van der Waals surface area contributed by atoms with Crippen molar-refractivity contribution >= 4 is 17.9 Å². The van der Waals surface area contributed by atoms with Gasteiger partial charge in [0.2, 0.25) is 5.91 Å². The van der Waals surface area contributed by atoms with Gasteiger partial charge in [0.15, 0.2) is 0 Å². The number of aliphatic carboxylic acids is 1. The van der Waals surface area contributed by atoms with Crippen LogP contribution in [-0.4, -0.2) is 94.5 Å². The molecule has 4 aliphatic rings. The van der Waals surface area contributed by atoms with Gasteiger partial charge in [0.25, 0.3) is 0 Å². The van der Waals surface area contributed by atoms with E-state index in [2.05, 4.69) is 54.2 Å². The van der Waals surface area contributed by atoms with Crippen molar-refractivity contribution < 1.29 is 19.5 Å². The Balaban J connectivity index is 1.36. The smallest absolute Gasteiger partial charge is 0.326 e. The van der Waals surface area contributed by atoms with Gasteiger partial charge < -0.3 is 19.8 Å². The van der Waals surface area contributed by atoms with Gasteiger partial charge in [-0.15, -0.1) is 0 Å². The number of carbonyl (C=O) groups is 3. The van der Waals surface area contributed by atoms with Crippen LogP contribution in [0, 0.1) is 5.92 Å². The summed E-state index contributed by atoms with van der Waals surface area (Å²) >= 11 is 0. The second-order valence-corrected chi connectivity index (χ2v) is 11.6. The second-order valence-electron chi connectivity index (χ2n) is 11.6. The fourth-order valence-corrected chi connectivity index (χ4v) is 7.09. The Morgan fingerprint density at radius 1 is 1.03 bits per heavy atom. The van der Waals surface area contributed by atoms with Crippen molar-refractivity contribution in [2.24, 2.45) is 5.92 Å². The number of benzene rings is 1. The van der Waals surface area contributed by atoms with Crippen molar-refractivity contribution in [3.8, 4) is 0 Å². The lowest BCUT2D eigenvalue weighted by atomic mass is 9.68. The molecule has 5 rings (SSSR count). The predicted molar refractivity (Wildman–Crippen MR) is 136 cm³/mol. The van der Waals surface area contributed by atoms with Crippen LogP contribution in [0.3, 0.4) is 0 Å². The number of urea groups is 1. The number of carbonyl (C=O) groups excluding carboxylic acids is 2. The topological polar surface area (TPSA) is 84.4 Å². The van der Waals surface area contributed by atoms with Crippen molar-refractivity contribution in [1.82, 2.24) is 19.6 Å². The van der Waals surface area contributed by atoms with Crippen LogP contribution in [0.1, 0.15) is 63.4 Å². The second kappa shape index (κ2) is 9.69. The van der Waals surface area contributed by atoms with Gasteiger partial charge in [-0.05, 0) is 76.9 Å². The summed E-state index contributed by atoms with van der Waals surface area (Å²) in [4.78, 5) is 46.1. The fraction of sp³-hybridized carbons (Fsp3) is 0.679. The molecule has 4 fully saturated rings. The lowest BCUT2D eigenvalue weighted by molar-refractivity contribution is -0.148. The number of rotatable bonds is 7. The monoisotopic (exact) mass is 496 g/mol. The molecule has 1 aromatic carbocycles. The zero-order chi connectivity index (χ0) is 25.5. The Morgan fingerprint density at radius 3 is 2.31 bits per heavy atom. The van der Waals surface area contributed by atoms with Crippen LogP contribution < -0.4 is 0 Å². The maximum atomic E-state index is 13.7. The predicted octanol–water partition coefficient (Wildman–Crippen LogP) is 3.37. The molecule has 2 aliphatic carbocycles. The van der Waals surface area contributed by atoms with E-state index in [4.69, 9.17) is 0 Å². The molecule has 1 aromatic rings. The van der Waals surface area contributed by atoms with E-state index < -0.39 is 12.0 Å². The van der Waals surface area contributed by atoms with E-state index in [-0.39, 0.29) is 29.6 Å². The molecule has 0 aromatic heterocycles. The Bertz CT molecular complexity index is 985.